The Morgan fingerprint density at radius 1 is 0.435 bits per heavy atom. The third-order valence-corrected chi connectivity index (χ3v) is 13.2. The predicted octanol–water partition coefficient (Wildman–Crippen LogP) is -32.9. The molecule has 1 heterocycles. The molecule has 1 aliphatic rings. The maximum atomic E-state index is 11.4. The number of ether oxygens (including phenoxy) is 6. The summed E-state index contributed by atoms with van der Waals surface area (Å²) in [5, 5.41) is 83.7. The van der Waals surface area contributed by atoms with Crippen LogP contribution in [0.15, 0.2) is 0 Å². The molecule has 4 unspecified atom stereocenters. The summed E-state index contributed by atoms with van der Waals surface area (Å²) < 4.78 is 36.1. The van der Waals surface area contributed by atoms with Crippen LogP contribution in [0.4, 0.5) is 0 Å². The fraction of sp³-hybridized carbons (Fsp3) is 0.771. The molecule has 0 N–H and O–H groups in total. The maximum absolute atomic E-state index is 11.4. The fourth-order valence-electron chi connectivity index (χ4n) is 5.31. The molecular weight excluding hydrogens is 1080 g/mol. The number of thioether (sulfide) groups is 4. The zero-order valence-electron chi connectivity index (χ0n) is 40.8. The third kappa shape index (κ3) is 43.4. The third-order valence-electron chi connectivity index (χ3n) is 8.07. The van der Waals surface area contributed by atoms with Crippen LogP contribution in [0.3, 0.4) is 0 Å². The Labute approximate surface area is 594 Å². The van der Waals surface area contributed by atoms with E-state index in [9.17, 15) is 79.2 Å². The second-order valence-electron chi connectivity index (χ2n) is 12.8. The Morgan fingerprint density at radius 2 is 0.710 bits per heavy atom. The summed E-state index contributed by atoms with van der Waals surface area (Å²) in [5.41, 5.74) is 0. The van der Waals surface area contributed by atoms with Gasteiger partial charge in [-0.05, 0) is 48.7 Å². The summed E-state index contributed by atoms with van der Waals surface area (Å²) in [6.07, 6.45) is -7.72. The van der Waals surface area contributed by atoms with Crippen LogP contribution in [0.25, 0.3) is 0 Å². The van der Waals surface area contributed by atoms with Crippen molar-refractivity contribution in [2.24, 2.45) is 0 Å². The van der Waals surface area contributed by atoms with E-state index in [1.165, 1.54) is 7.11 Å². The van der Waals surface area contributed by atoms with Gasteiger partial charge in [0.25, 0.3) is 0 Å². The fourth-order valence-corrected chi connectivity index (χ4v) is 9.15. The average Bonchev–Trinajstić information content (AvgIpc) is 3.16. The number of hydrogen-bond acceptors (Lipinski definition) is 26. The van der Waals surface area contributed by atoms with Crippen LogP contribution in [0, 0.1) is 0 Å². The molecule has 9 atom stereocenters. The summed E-state index contributed by atoms with van der Waals surface area (Å²) in [7, 11) is 1.29. The smallest absolute Gasteiger partial charge is 0.550 e. The van der Waals surface area contributed by atoms with Gasteiger partial charge in [0.15, 0.2) is 6.29 Å². The topological polar surface area (TPSA) is 376 Å². The number of carboxylic acids is 8. The number of carbonyl (C=O) groups is 8. The van der Waals surface area contributed by atoms with Gasteiger partial charge in [0.2, 0.25) is 0 Å². The second-order valence-corrected chi connectivity index (χ2v) is 18.0. The van der Waals surface area contributed by atoms with Gasteiger partial charge in [-0.2, -0.15) is 47.0 Å². The SMILES string of the molecule is CO[C@H]1O[C@H](COCCCSC(CC(=O)[O-])C(=O)[O-])[C@@H](OCCCSC(CC(=O)[O-])C(=O)[O-])[C@@H](OCCCSC(CC(=O)[O-])C(=O)[O-])[C@H]1OCCCSC(CC(=O)[O-])C(=O)[O-].[Na+].[Na+].[Na+].[Na+].[Na+].[Na+].[Na+].[Na+]. The average molecular weight is 1130 g/mol. The molecule has 1 aliphatic heterocycles. The van der Waals surface area contributed by atoms with Gasteiger partial charge in [0, 0.05) is 104 Å². The van der Waals surface area contributed by atoms with E-state index in [1.54, 1.807) is 0 Å². The van der Waals surface area contributed by atoms with Crippen LogP contribution in [0.1, 0.15) is 51.4 Å². The molecule has 69 heavy (non-hydrogen) atoms. The van der Waals surface area contributed by atoms with E-state index in [0.29, 0.717) is 0 Å². The van der Waals surface area contributed by atoms with Gasteiger partial charge in [-0.25, -0.2) is 0 Å². The molecule has 0 radical (unpaired) electrons. The van der Waals surface area contributed by atoms with Gasteiger partial charge in [0.05, 0.1) is 30.5 Å². The Kier molecular flexibility index (Phi) is 71.9. The number of carbonyl (C=O) groups excluding carboxylic acids is 8. The Hall–Kier alpha value is 4.92. The molecule has 22 nitrogen and oxygen atoms in total. The molecule has 1 saturated heterocycles. The molecule has 0 aliphatic carbocycles. The molecule has 1 rings (SSSR count). The van der Waals surface area contributed by atoms with Gasteiger partial charge < -0.3 is 108 Å². The molecule has 350 valence electrons. The Balaban J connectivity index is -0.000000775. The van der Waals surface area contributed by atoms with E-state index in [-0.39, 0.29) is 318 Å². The van der Waals surface area contributed by atoms with Crippen molar-refractivity contribution >= 4 is 94.8 Å². The van der Waals surface area contributed by atoms with Crippen LogP contribution >= 0.6 is 47.0 Å². The molecule has 0 amide bonds. The summed E-state index contributed by atoms with van der Waals surface area (Å²) in [6.45, 7) is -0.413. The van der Waals surface area contributed by atoms with Gasteiger partial charge >= 0.3 is 236 Å². The number of hydrogen-bond donors (Lipinski definition) is 0. The standard InChI is InChI=1S/C35H54O22S4.8Na/c1-52-35-30(56-9-5-13-61-23(34(50)51)17-27(42)43)29(55-8-4-12-60-22(33(48)49)16-26(40)41)28(54-7-3-11-59-21(32(46)47)15-25(38)39)19(57-35)18-53-6-2-10-58-20(31(44)45)14-24(36)37;;;;;;;;/h19-23,28-30,35H,2-18H2,1H3,(H,36,37)(H,38,39)(H,40,41)(H,42,43)(H,44,45)(H,46,47)(H,48,49)(H,50,51);;;;;;;;/q;8*+1/p-8/t19-,20?,21?,22?,23?,28-,29-,30-,35+;;;;;;;;/m1......../s1. The van der Waals surface area contributed by atoms with E-state index in [2.05, 4.69) is 0 Å². The first-order valence-electron chi connectivity index (χ1n) is 18.6. The van der Waals surface area contributed by atoms with Crippen molar-refractivity contribution in [3.63, 3.8) is 0 Å². The predicted molar refractivity (Wildman–Crippen MR) is 198 cm³/mol. The minimum atomic E-state index is -1.60. The van der Waals surface area contributed by atoms with Gasteiger partial charge in [-0.1, -0.05) is 0 Å². The number of carboxylic acid groups (broad SMARTS) is 8. The molecule has 34 heteroatoms. The normalized spacial score (nSPS) is 18.4. The summed E-state index contributed by atoms with van der Waals surface area (Å²) in [5.74, 6) is -12.2. The summed E-state index contributed by atoms with van der Waals surface area (Å²) in [4.78, 5) is 89.2. The van der Waals surface area contributed by atoms with Crippen molar-refractivity contribution in [1.29, 1.82) is 0 Å². The van der Waals surface area contributed by atoms with E-state index in [0.717, 1.165) is 47.0 Å². The van der Waals surface area contributed by atoms with Crippen molar-refractivity contribution in [1.82, 2.24) is 0 Å². The molecule has 0 spiro atoms. The van der Waals surface area contributed by atoms with Crippen LogP contribution in [-0.4, -0.2) is 163 Å². The van der Waals surface area contributed by atoms with Crippen molar-refractivity contribution in [2.45, 2.75) is 103 Å². The first-order valence-corrected chi connectivity index (χ1v) is 22.8. The minimum absolute atomic E-state index is 0. The first kappa shape index (κ1) is 90.5. The zero-order valence-corrected chi connectivity index (χ0v) is 60.1. The molecule has 0 saturated carbocycles. The number of aliphatic carboxylic acids is 8. The molecule has 0 bridgehead atoms. The van der Waals surface area contributed by atoms with E-state index in [1.807, 2.05) is 0 Å². The zero-order chi connectivity index (χ0) is 45.9. The molecular formula is C35H46Na8O22S4. The van der Waals surface area contributed by atoms with Crippen molar-refractivity contribution < 1.29 is 344 Å². The largest absolute Gasteiger partial charge is 1.00 e. The van der Waals surface area contributed by atoms with E-state index < -0.39 is 125 Å². The second kappa shape index (κ2) is 54.9. The minimum Gasteiger partial charge on any atom is -0.550 e. The quantitative estimate of drug-likeness (QED) is 0.0409. The molecule has 0 aromatic carbocycles. The molecule has 1 fully saturated rings. The summed E-state index contributed by atoms with van der Waals surface area (Å²) >= 11 is 3.19. The van der Waals surface area contributed by atoms with E-state index >= 15 is 0 Å². The van der Waals surface area contributed by atoms with Crippen LogP contribution in [0.2, 0.25) is 0 Å². The van der Waals surface area contributed by atoms with Gasteiger partial charge in [-0.15, -0.1) is 0 Å². The Morgan fingerprint density at radius 3 is 0.986 bits per heavy atom. The van der Waals surface area contributed by atoms with Crippen molar-refractivity contribution in [3.05, 3.63) is 0 Å². The van der Waals surface area contributed by atoms with Crippen LogP contribution in [0.5, 0.6) is 0 Å². The molecule has 0 aromatic heterocycles. The first-order chi connectivity index (χ1) is 28.9. The monoisotopic (exact) mass is 1130 g/mol. The Bertz CT molecular complexity index is 1440. The number of methoxy groups -OCH3 is 1. The van der Waals surface area contributed by atoms with Gasteiger partial charge in [-0.3, -0.25) is 0 Å². The van der Waals surface area contributed by atoms with Crippen molar-refractivity contribution in [3.8, 4) is 0 Å². The van der Waals surface area contributed by atoms with E-state index in [4.69, 9.17) is 28.4 Å². The van der Waals surface area contributed by atoms with Gasteiger partial charge in [0.1, 0.15) is 24.4 Å². The van der Waals surface area contributed by atoms with Crippen LogP contribution in [-0.2, 0) is 66.8 Å². The number of rotatable bonds is 38. The van der Waals surface area contributed by atoms with Crippen molar-refractivity contribution in [2.75, 3.05) is 63.2 Å². The maximum Gasteiger partial charge on any atom is 1.00 e. The molecule has 0 aromatic rings. The van der Waals surface area contributed by atoms with Crippen LogP contribution < -0.4 is 277 Å². The summed E-state index contributed by atoms with van der Waals surface area (Å²) in [6, 6.07) is 0.